The lowest BCUT2D eigenvalue weighted by Gasteiger charge is -2.35. The fourth-order valence-electron chi connectivity index (χ4n) is 4.39. The van der Waals surface area contributed by atoms with E-state index in [4.69, 9.17) is 11.6 Å². The minimum absolute atomic E-state index is 0.374. The third-order valence-corrected chi connectivity index (χ3v) is 7.27. The predicted octanol–water partition coefficient (Wildman–Crippen LogP) is 5.06. The Morgan fingerprint density at radius 3 is 2.62 bits per heavy atom. The van der Waals surface area contributed by atoms with Gasteiger partial charge in [0.1, 0.15) is 10.6 Å². The monoisotopic (exact) mass is 424 g/mol. The maximum atomic E-state index is 6.30. The van der Waals surface area contributed by atoms with Crippen LogP contribution in [-0.2, 0) is 12.8 Å². The second kappa shape index (κ2) is 8.42. The molecule has 0 spiro atoms. The van der Waals surface area contributed by atoms with Crippen LogP contribution in [0.1, 0.15) is 28.8 Å². The summed E-state index contributed by atoms with van der Waals surface area (Å²) in [4.78, 5) is 16.7. The topological polar surface area (TPSA) is 32.3 Å². The Morgan fingerprint density at radius 2 is 1.79 bits per heavy atom. The van der Waals surface area contributed by atoms with Crippen LogP contribution >= 0.6 is 22.9 Å². The number of aromatic nitrogens is 2. The average molecular weight is 425 g/mol. The lowest BCUT2D eigenvalue weighted by atomic mass is 9.97. The van der Waals surface area contributed by atoms with Crippen LogP contribution in [0.2, 0.25) is 5.28 Å². The summed E-state index contributed by atoms with van der Waals surface area (Å²) < 4.78 is 0. The molecule has 0 atom stereocenters. The molecular formula is C23H25ClN4S. The molecule has 3 aromatic rings. The first-order valence-corrected chi connectivity index (χ1v) is 11.6. The Morgan fingerprint density at radius 1 is 1.00 bits per heavy atom. The van der Waals surface area contributed by atoms with E-state index in [0.717, 1.165) is 49.8 Å². The van der Waals surface area contributed by atoms with Gasteiger partial charge >= 0.3 is 0 Å². The van der Waals surface area contributed by atoms with E-state index in [1.807, 2.05) is 11.3 Å². The molecule has 2 aliphatic rings. The van der Waals surface area contributed by atoms with Crippen molar-refractivity contribution < 1.29 is 0 Å². The summed E-state index contributed by atoms with van der Waals surface area (Å²) in [5, 5.41) is 1.64. The van der Waals surface area contributed by atoms with E-state index in [0.29, 0.717) is 5.28 Å². The zero-order chi connectivity index (χ0) is 19.6. The van der Waals surface area contributed by atoms with Crippen LogP contribution in [0.5, 0.6) is 0 Å². The highest BCUT2D eigenvalue weighted by Gasteiger charge is 2.25. The minimum atomic E-state index is 0.374. The number of anilines is 1. The van der Waals surface area contributed by atoms with Crippen molar-refractivity contribution in [3.05, 3.63) is 57.7 Å². The van der Waals surface area contributed by atoms with Gasteiger partial charge in [0.2, 0.25) is 5.28 Å². The first-order valence-electron chi connectivity index (χ1n) is 10.4. The Balaban J connectivity index is 1.30. The first kappa shape index (κ1) is 19.0. The van der Waals surface area contributed by atoms with Gasteiger partial charge in [-0.1, -0.05) is 42.5 Å². The fourth-order valence-corrected chi connectivity index (χ4v) is 5.86. The molecule has 0 radical (unpaired) electrons. The summed E-state index contributed by atoms with van der Waals surface area (Å²) in [6.07, 6.45) is 9.35. The molecule has 0 bridgehead atoms. The predicted molar refractivity (Wildman–Crippen MR) is 123 cm³/mol. The molecule has 1 aliphatic carbocycles. The molecule has 0 saturated carbocycles. The number of halogens is 1. The molecule has 1 aliphatic heterocycles. The summed E-state index contributed by atoms with van der Waals surface area (Å²) in [5.41, 5.74) is 2.74. The van der Waals surface area contributed by atoms with E-state index in [9.17, 15) is 0 Å². The molecule has 150 valence electrons. The van der Waals surface area contributed by atoms with Crippen LogP contribution in [0.3, 0.4) is 0 Å². The van der Waals surface area contributed by atoms with E-state index >= 15 is 0 Å². The van der Waals surface area contributed by atoms with E-state index < -0.39 is 0 Å². The van der Waals surface area contributed by atoms with E-state index in [-0.39, 0.29) is 0 Å². The number of nitrogens with zero attached hydrogens (tertiary/aromatic N) is 4. The zero-order valence-corrected chi connectivity index (χ0v) is 18.1. The van der Waals surface area contributed by atoms with Crippen LogP contribution in [-0.4, -0.2) is 47.6 Å². The largest absolute Gasteiger partial charge is 0.353 e. The van der Waals surface area contributed by atoms with Crippen molar-refractivity contribution in [1.82, 2.24) is 14.9 Å². The molecule has 29 heavy (non-hydrogen) atoms. The number of aryl methyl sites for hydroxylation is 2. The average Bonchev–Trinajstić information content (AvgIpc) is 3.12. The number of thiophene rings is 1. The molecule has 1 fully saturated rings. The number of rotatable bonds is 4. The lowest BCUT2D eigenvalue weighted by molar-refractivity contribution is 0.284. The molecule has 5 rings (SSSR count). The Labute approximate surface area is 180 Å². The normalized spacial score (nSPS) is 17.9. The summed E-state index contributed by atoms with van der Waals surface area (Å²) >= 11 is 8.12. The molecule has 4 nitrogen and oxygen atoms in total. The third-order valence-electron chi connectivity index (χ3n) is 5.91. The highest BCUT2D eigenvalue weighted by Crippen LogP contribution is 2.40. The van der Waals surface area contributed by atoms with Crippen LogP contribution < -0.4 is 4.90 Å². The molecule has 6 heteroatoms. The van der Waals surface area contributed by atoms with Gasteiger partial charge in [0, 0.05) is 37.6 Å². The van der Waals surface area contributed by atoms with Crippen molar-refractivity contribution in [3.63, 3.8) is 0 Å². The molecule has 3 heterocycles. The standard InChI is InChI=1S/C23H25ClN4S/c24-23-25-21(20-18-10-4-5-11-19(18)29-22(20)26-23)28-15-13-27(14-16-28)12-6-9-17-7-2-1-3-8-17/h1-3,6-9H,4-5,10-16H2/b9-6+. The van der Waals surface area contributed by atoms with Crippen molar-refractivity contribution in [3.8, 4) is 0 Å². The lowest BCUT2D eigenvalue weighted by Crippen LogP contribution is -2.46. The van der Waals surface area contributed by atoms with Crippen molar-refractivity contribution in [2.75, 3.05) is 37.6 Å². The van der Waals surface area contributed by atoms with Crippen LogP contribution in [0.25, 0.3) is 16.3 Å². The summed E-state index contributed by atoms with van der Waals surface area (Å²) in [7, 11) is 0. The molecule has 0 unspecified atom stereocenters. The van der Waals surface area contributed by atoms with Gasteiger partial charge < -0.3 is 4.90 Å². The number of hydrogen-bond donors (Lipinski definition) is 0. The van der Waals surface area contributed by atoms with Gasteiger partial charge in [0.05, 0.1) is 5.39 Å². The fraction of sp³-hybridized carbons (Fsp3) is 0.391. The second-order valence-corrected chi connectivity index (χ2v) is 9.23. The molecular weight excluding hydrogens is 400 g/mol. The number of fused-ring (bicyclic) bond motifs is 3. The van der Waals surface area contributed by atoms with Crippen molar-refractivity contribution in [1.29, 1.82) is 0 Å². The van der Waals surface area contributed by atoms with Gasteiger partial charge in [-0.15, -0.1) is 11.3 Å². The molecule has 1 aromatic carbocycles. The maximum absolute atomic E-state index is 6.30. The maximum Gasteiger partial charge on any atom is 0.225 e. The van der Waals surface area contributed by atoms with Crippen LogP contribution in [0.15, 0.2) is 36.4 Å². The first-order chi connectivity index (χ1) is 14.3. The number of hydrogen-bond acceptors (Lipinski definition) is 5. The van der Waals surface area contributed by atoms with Crippen molar-refractivity contribution in [2.45, 2.75) is 25.7 Å². The smallest absolute Gasteiger partial charge is 0.225 e. The van der Waals surface area contributed by atoms with E-state index in [2.05, 4.69) is 62.3 Å². The molecule has 0 amide bonds. The molecule has 2 aromatic heterocycles. The van der Waals surface area contributed by atoms with Crippen LogP contribution in [0, 0.1) is 0 Å². The van der Waals surface area contributed by atoms with Gasteiger partial charge in [0.25, 0.3) is 0 Å². The SMILES string of the molecule is Clc1nc(N2CCN(C/C=C/c3ccccc3)CC2)c2c3c(sc2n1)CCCC3. The second-order valence-electron chi connectivity index (χ2n) is 7.81. The van der Waals surface area contributed by atoms with Crippen molar-refractivity contribution >= 4 is 45.0 Å². The Hall–Kier alpha value is -1.95. The minimum Gasteiger partial charge on any atom is -0.353 e. The molecule has 1 saturated heterocycles. The summed E-state index contributed by atoms with van der Waals surface area (Å²) in [6.45, 7) is 5.01. The van der Waals surface area contributed by atoms with Gasteiger partial charge in [-0.05, 0) is 48.4 Å². The van der Waals surface area contributed by atoms with Gasteiger partial charge in [0.15, 0.2) is 0 Å². The number of benzene rings is 1. The Bertz CT molecular complexity index is 1020. The van der Waals surface area contributed by atoms with Crippen molar-refractivity contribution in [2.24, 2.45) is 0 Å². The van der Waals surface area contributed by atoms with Gasteiger partial charge in [-0.25, -0.2) is 4.98 Å². The summed E-state index contributed by atoms with van der Waals surface area (Å²) in [5.74, 6) is 1.05. The third kappa shape index (κ3) is 4.04. The summed E-state index contributed by atoms with van der Waals surface area (Å²) in [6, 6.07) is 10.5. The zero-order valence-electron chi connectivity index (χ0n) is 16.5. The van der Waals surface area contributed by atoms with E-state index in [1.54, 1.807) is 0 Å². The molecule has 0 N–H and O–H groups in total. The van der Waals surface area contributed by atoms with Gasteiger partial charge in [-0.3, -0.25) is 4.90 Å². The highest BCUT2D eigenvalue weighted by atomic mass is 35.5. The quantitative estimate of drug-likeness (QED) is 0.548. The van der Waals surface area contributed by atoms with Gasteiger partial charge in [-0.2, -0.15) is 4.98 Å². The highest BCUT2D eigenvalue weighted by molar-refractivity contribution is 7.19. The van der Waals surface area contributed by atoms with Crippen LogP contribution in [0.4, 0.5) is 5.82 Å². The Kier molecular flexibility index (Phi) is 5.53. The number of piperazine rings is 1. The van der Waals surface area contributed by atoms with E-state index in [1.165, 1.54) is 40.7 Å².